The molecular weight excluding hydrogens is 789 g/mol. The molecule has 1 heterocycles. The van der Waals surface area contributed by atoms with Crippen LogP contribution in [-0.2, 0) is 35.8 Å². The van der Waals surface area contributed by atoms with Gasteiger partial charge in [-0.3, -0.25) is 19.2 Å². The average molecular weight is 827 g/mol. The van der Waals surface area contributed by atoms with Gasteiger partial charge >= 0.3 is 18.1 Å². The third-order valence-electron chi connectivity index (χ3n) is 10.8. The highest BCUT2D eigenvalue weighted by Gasteiger charge is 2.73. The Kier molecular flexibility index (Phi) is 11.3. The summed E-state index contributed by atoms with van der Waals surface area (Å²) in [4.78, 5) is 78.2. The molecule has 10 N–H and O–H groups in total. The van der Waals surface area contributed by atoms with Crippen LogP contribution in [-0.4, -0.2) is 141 Å². The lowest BCUT2D eigenvalue weighted by Gasteiger charge is -2.53. The number of carbonyl (C=O) groups is 6. The number of aliphatic carboxylic acids is 1. The van der Waals surface area contributed by atoms with Crippen molar-refractivity contribution in [3.05, 3.63) is 62.3 Å². The molecule has 6 rings (SSSR count). The molecule has 8 atom stereocenters. The Morgan fingerprint density at radius 2 is 1.64 bits per heavy atom. The van der Waals surface area contributed by atoms with Gasteiger partial charge in [0.1, 0.15) is 29.4 Å². The number of benzene rings is 2. The lowest BCUT2D eigenvalue weighted by Crippen LogP contribution is -2.73. The lowest BCUT2D eigenvalue weighted by molar-refractivity contribution is -0.214. The van der Waals surface area contributed by atoms with Crippen LogP contribution in [0, 0.1) is 12.8 Å². The zero-order chi connectivity index (χ0) is 43.7. The minimum atomic E-state index is -5.08. The smallest absolute Gasteiger partial charge is 0.490 e. The Morgan fingerprint density at radius 3 is 2.16 bits per heavy atom. The Hall–Kier alpha value is -5.49. The van der Waals surface area contributed by atoms with Gasteiger partial charge < -0.3 is 65.7 Å². The number of rotatable bonds is 6. The first-order chi connectivity index (χ1) is 26.9. The average Bonchev–Trinajstić information content (AvgIpc) is 3.14. The van der Waals surface area contributed by atoms with Crippen LogP contribution in [0.2, 0.25) is 0 Å². The number of hydrogen-bond donors (Lipinski definition) is 9. The van der Waals surface area contributed by atoms with E-state index in [1.807, 2.05) is 0 Å². The summed E-state index contributed by atoms with van der Waals surface area (Å²) in [7, 11) is 3.23. The fourth-order valence-corrected chi connectivity index (χ4v) is 7.98. The number of nitrogen functional groups attached to an aromatic ring is 1. The quantitative estimate of drug-likeness (QED) is 0.101. The Bertz CT molecular complexity index is 2190. The highest BCUT2D eigenvalue weighted by molar-refractivity contribution is 6.31. The summed E-state index contributed by atoms with van der Waals surface area (Å²) < 4.78 is 53.1. The second-order valence-corrected chi connectivity index (χ2v) is 13.7. The maximum absolute atomic E-state index is 14.6. The van der Waals surface area contributed by atoms with Crippen molar-refractivity contribution in [3.63, 3.8) is 0 Å². The molecule has 0 aromatic heterocycles. The van der Waals surface area contributed by atoms with Crippen LogP contribution in [0.1, 0.15) is 75.4 Å². The molecule has 1 fully saturated rings. The van der Waals surface area contributed by atoms with Crippen molar-refractivity contribution in [2.45, 2.75) is 68.3 Å². The number of nitrogens with two attached hydrogens (primary N) is 1. The molecule has 2 aromatic rings. The molecule has 22 heteroatoms. The van der Waals surface area contributed by atoms with Crippen LogP contribution >= 0.6 is 0 Å². The van der Waals surface area contributed by atoms with Crippen molar-refractivity contribution in [2.24, 2.45) is 5.92 Å². The number of fused-ring (bicyclic) bond motifs is 5. The molecule has 0 spiro atoms. The third kappa shape index (κ3) is 6.10. The topological polar surface area (TPSA) is 319 Å². The van der Waals surface area contributed by atoms with Crippen LogP contribution in [0.25, 0.3) is 0 Å². The molecule has 2 aromatic carbocycles. The molecule has 0 radical (unpaired) electrons. The number of nitrogens with one attached hydrogen (secondary N) is 1. The van der Waals surface area contributed by atoms with Crippen LogP contribution in [0.5, 0.6) is 11.5 Å². The van der Waals surface area contributed by atoms with E-state index in [0.29, 0.717) is 0 Å². The summed E-state index contributed by atoms with van der Waals surface area (Å²) in [5.74, 6) is -11.9. The van der Waals surface area contributed by atoms with Crippen molar-refractivity contribution in [2.75, 3.05) is 33.7 Å². The van der Waals surface area contributed by atoms with E-state index in [2.05, 4.69) is 5.32 Å². The largest absolute Gasteiger partial charge is 0.507 e. The molecule has 58 heavy (non-hydrogen) atoms. The van der Waals surface area contributed by atoms with Gasteiger partial charge in [0.05, 0.1) is 54.8 Å². The number of alkyl halides is 3. The number of aliphatic hydroxyl groups is 4. The summed E-state index contributed by atoms with van der Waals surface area (Å²) >= 11 is 0. The molecule has 314 valence electrons. The second kappa shape index (κ2) is 15.0. The summed E-state index contributed by atoms with van der Waals surface area (Å²) in [6.07, 6.45) is -11.0. The summed E-state index contributed by atoms with van der Waals surface area (Å²) in [5.41, 5.74) is -5.05. The molecule has 1 saturated heterocycles. The SMILES string of the molecule is COC(=O)c1c(C)c(N)c2c(c1O)[C@]1(O)C(=O)c3cc4c(c(O)c3C(=O)[C@]1(OC)[C@H](O)C2)C(=O)C=C(N[C@H]1O[C@@H](C)[C@H](OC)[C@@H](O)[C@H]1CO)C4=O.O=C(O)C(F)(F)F. The lowest BCUT2D eigenvalue weighted by atomic mass is 9.56. The molecule has 0 bridgehead atoms. The molecule has 4 aliphatic rings. The zero-order valence-corrected chi connectivity index (χ0v) is 31.0. The van der Waals surface area contributed by atoms with Gasteiger partial charge in [0.25, 0.3) is 0 Å². The van der Waals surface area contributed by atoms with Crippen molar-refractivity contribution < 1.29 is 96.6 Å². The number of aliphatic hydroxyl groups excluding tert-OH is 3. The first-order valence-electron chi connectivity index (χ1n) is 17.0. The third-order valence-corrected chi connectivity index (χ3v) is 10.8. The van der Waals surface area contributed by atoms with Gasteiger partial charge in [-0.25, -0.2) is 9.59 Å². The molecular formula is C36H37F3N2O17. The van der Waals surface area contributed by atoms with Gasteiger partial charge in [-0.05, 0) is 31.0 Å². The number of carbonyl (C=O) groups excluding carboxylic acids is 5. The Balaban J connectivity index is 0.000000839. The number of phenolic OH excluding ortho intramolecular Hbond substituents is 2. The number of ether oxygens (including phenoxy) is 4. The zero-order valence-electron chi connectivity index (χ0n) is 31.0. The number of ketones is 4. The second-order valence-electron chi connectivity index (χ2n) is 13.7. The number of hydrogen-bond acceptors (Lipinski definition) is 18. The van der Waals surface area contributed by atoms with E-state index in [0.717, 1.165) is 26.4 Å². The number of carboxylic acid groups (broad SMARTS) is 1. The predicted octanol–water partition coefficient (Wildman–Crippen LogP) is -0.441. The van der Waals surface area contributed by atoms with E-state index >= 15 is 0 Å². The van der Waals surface area contributed by atoms with E-state index in [-0.39, 0.29) is 16.8 Å². The highest BCUT2D eigenvalue weighted by Crippen LogP contribution is 2.57. The van der Waals surface area contributed by atoms with E-state index in [1.54, 1.807) is 6.92 Å². The summed E-state index contributed by atoms with van der Waals surface area (Å²) in [5, 5.41) is 77.5. The number of methoxy groups -OCH3 is 3. The maximum Gasteiger partial charge on any atom is 0.490 e. The van der Waals surface area contributed by atoms with E-state index < -0.39 is 153 Å². The normalized spacial score (nSPS) is 28.9. The minimum Gasteiger partial charge on any atom is -0.507 e. The number of Topliss-reactive ketones (excluding diaryl/α,β-unsaturated/α-hetero) is 3. The predicted molar refractivity (Wildman–Crippen MR) is 184 cm³/mol. The highest BCUT2D eigenvalue weighted by atomic mass is 19.4. The first-order valence-corrected chi connectivity index (χ1v) is 17.0. The van der Waals surface area contributed by atoms with Crippen molar-refractivity contribution in [3.8, 4) is 11.5 Å². The van der Waals surface area contributed by atoms with Crippen LogP contribution < -0.4 is 11.1 Å². The fourth-order valence-electron chi connectivity index (χ4n) is 7.98. The number of allylic oxidation sites excluding steroid dienone is 2. The van der Waals surface area contributed by atoms with Crippen molar-refractivity contribution in [1.82, 2.24) is 5.32 Å². The molecule has 1 aliphatic heterocycles. The Morgan fingerprint density at radius 1 is 1.03 bits per heavy atom. The molecule has 19 nitrogen and oxygen atoms in total. The number of phenols is 2. The van der Waals surface area contributed by atoms with Crippen LogP contribution in [0.4, 0.5) is 18.9 Å². The van der Waals surface area contributed by atoms with E-state index in [9.17, 15) is 67.8 Å². The number of aromatic hydroxyl groups is 2. The monoisotopic (exact) mass is 826 g/mol. The van der Waals surface area contributed by atoms with Crippen LogP contribution in [0.3, 0.4) is 0 Å². The number of carboxylic acids is 1. The van der Waals surface area contributed by atoms with Crippen molar-refractivity contribution >= 4 is 40.8 Å². The molecule has 0 unspecified atom stereocenters. The Labute approximate surface area is 324 Å². The number of esters is 1. The van der Waals surface area contributed by atoms with Gasteiger partial charge in [0.15, 0.2) is 17.0 Å². The summed E-state index contributed by atoms with van der Waals surface area (Å²) in [6, 6.07) is 0.803. The molecule has 0 amide bonds. The van der Waals surface area contributed by atoms with Gasteiger partial charge in [-0.1, -0.05) is 0 Å². The van der Waals surface area contributed by atoms with E-state index in [4.69, 9.17) is 34.6 Å². The van der Waals surface area contributed by atoms with Gasteiger partial charge in [-0.2, -0.15) is 13.2 Å². The number of halogens is 3. The summed E-state index contributed by atoms with van der Waals surface area (Å²) in [6.45, 7) is 2.31. The minimum absolute atomic E-state index is 0.0125. The van der Waals surface area contributed by atoms with Gasteiger partial charge in [-0.15, -0.1) is 0 Å². The van der Waals surface area contributed by atoms with Gasteiger partial charge in [0, 0.05) is 49.1 Å². The van der Waals surface area contributed by atoms with Gasteiger partial charge in [0.2, 0.25) is 17.3 Å². The first kappa shape index (κ1) is 43.6. The van der Waals surface area contributed by atoms with Crippen molar-refractivity contribution in [1.29, 1.82) is 0 Å². The fraction of sp³-hybridized carbons (Fsp3) is 0.444. The molecule has 3 aliphatic carbocycles. The standard InChI is InChI=1S/C34H36N2O15.C2HF3O2/c1-10-19(32(46)49-4)27(43)22-14(23(10)35)7-18(39)34(50-5)30(45)21-13(29(44)33(22,34)47)6-12-20(26(21)42)17(38)8-16(24(12)40)36-31-15(9-37)25(41)28(48-3)11(2)51-31;3-2(4,5)1(6)7/h6,8,11,15,18,25,28,31,36-37,39,41-43,47H,7,9,35H2,1-5H3;(H,6,7)/t11-,15+,18+,25-,28-,31-,33-,34+;/m0./s1. The van der Waals surface area contributed by atoms with Crippen LogP contribution in [0.15, 0.2) is 17.8 Å². The number of anilines is 1. The van der Waals surface area contributed by atoms with E-state index in [1.165, 1.54) is 14.0 Å². The maximum atomic E-state index is 14.6. The molecule has 0 saturated carbocycles.